The van der Waals surface area contributed by atoms with Crippen molar-refractivity contribution in [1.82, 2.24) is 5.32 Å². The number of fused-ring (bicyclic) bond motifs is 1. The number of nitrogens with one attached hydrogen (secondary N) is 1. The number of hydrogen-bond donors (Lipinski definition) is 2. The van der Waals surface area contributed by atoms with Gasteiger partial charge in [-0.25, -0.2) is 0 Å². The zero-order valence-corrected chi connectivity index (χ0v) is 13.0. The van der Waals surface area contributed by atoms with Gasteiger partial charge < -0.3 is 10.4 Å². The average Bonchev–Trinajstić information content (AvgIpc) is 3.01. The van der Waals surface area contributed by atoms with E-state index in [1.54, 1.807) is 0 Å². The van der Waals surface area contributed by atoms with Crippen molar-refractivity contribution in [2.24, 2.45) is 5.92 Å². The van der Waals surface area contributed by atoms with E-state index in [1.165, 1.54) is 10.8 Å². The first-order chi connectivity index (χ1) is 11.1. The number of carboxylic acids is 1. The van der Waals surface area contributed by atoms with E-state index >= 15 is 0 Å². The lowest BCUT2D eigenvalue weighted by molar-refractivity contribution is -0.141. The predicted molar refractivity (Wildman–Crippen MR) is 89.2 cm³/mol. The van der Waals surface area contributed by atoms with Crippen LogP contribution < -0.4 is 5.32 Å². The summed E-state index contributed by atoms with van der Waals surface area (Å²) in [5.74, 6) is -1.05. The lowest BCUT2D eigenvalue weighted by Gasteiger charge is -2.12. The molecule has 23 heavy (non-hydrogen) atoms. The van der Waals surface area contributed by atoms with E-state index in [2.05, 4.69) is 35.6 Å². The monoisotopic (exact) mass is 311 g/mol. The van der Waals surface area contributed by atoms with Gasteiger partial charge in [-0.3, -0.25) is 9.59 Å². The Morgan fingerprint density at radius 1 is 1.09 bits per heavy atom. The number of benzene rings is 2. The molecule has 0 unspecified atom stereocenters. The second-order valence-corrected chi connectivity index (χ2v) is 6.29. The summed E-state index contributed by atoms with van der Waals surface area (Å²) in [6.07, 6.45) is 3.11. The second-order valence-electron chi connectivity index (χ2n) is 6.29. The average molecular weight is 311 g/mol. The van der Waals surface area contributed by atoms with E-state index < -0.39 is 5.97 Å². The minimum absolute atomic E-state index is 0.00852. The normalized spacial score (nSPS) is 20.5. The quantitative estimate of drug-likeness (QED) is 0.891. The molecular formula is C19H21NO3. The molecule has 4 nitrogen and oxygen atoms in total. The van der Waals surface area contributed by atoms with Gasteiger partial charge in [0.25, 0.3) is 0 Å². The first-order valence-corrected chi connectivity index (χ1v) is 8.11. The number of aryl methyl sites for hydroxylation is 1. The van der Waals surface area contributed by atoms with Gasteiger partial charge in [0.2, 0.25) is 5.91 Å². The first kappa shape index (κ1) is 15.5. The minimum atomic E-state index is -0.752. The third-order valence-corrected chi connectivity index (χ3v) is 4.60. The number of carboxylic acid groups (broad SMARTS) is 1. The Kier molecular flexibility index (Phi) is 4.60. The molecule has 1 aliphatic carbocycles. The fourth-order valence-electron chi connectivity index (χ4n) is 3.29. The molecule has 0 aliphatic heterocycles. The smallest absolute Gasteiger partial charge is 0.306 e. The van der Waals surface area contributed by atoms with Crippen LogP contribution in [0.5, 0.6) is 0 Å². The largest absolute Gasteiger partial charge is 0.481 e. The van der Waals surface area contributed by atoms with E-state index in [0.29, 0.717) is 25.7 Å². The van der Waals surface area contributed by atoms with Crippen molar-refractivity contribution >= 4 is 22.6 Å². The Labute approximate surface area is 135 Å². The van der Waals surface area contributed by atoms with Crippen LogP contribution in [0.4, 0.5) is 0 Å². The predicted octanol–water partition coefficient (Wildman–Crippen LogP) is 3.14. The van der Waals surface area contributed by atoms with Crippen molar-refractivity contribution < 1.29 is 14.7 Å². The van der Waals surface area contributed by atoms with Crippen LogP contribution in [0.1, 0.15) is 31.2 Å². The van der Waals surface area contributed by atoms with Crippen LogP contribution in [0.15, 0.2) is 42.5 Å². The van der Waals surface area contributed by atoms with Gasteiger partial charge in [-0.1, -0.05) is 42.5 Å². The van der Waals surface area contributed by atoms with Crippen molar-refractivity contribution in [2.45, 2.75) is 38.1 Å². The van der Waals surface area contributed by atoms with Crippen molar-refractivity contribution in [3.8, 4) is 0 Å². The van der Waals surface area contributed by atoms with E-state index in [9.17, 15) is 9.59 Å². The number of carbonyl (C=O) groups is 2. The third-order valence-electron chi connectivity index (χ3n) is 4.60. The summed E-state index contributed by atoms with van der Waals surface area (Å²) in [6.45, 7) is 0. The Hall–Kier alpha value is -2.36. The van der Waals surface area contributed by atoms with Crippen LogP contribution in [-0.2, 0) is 16.0 Å². The van der Waals surface area contributed by atoms with E-state index in [1.807, 2.05) is 12.1 Å². The molecule has 0 heterocycles. The second kappa shape index (κ2) is 6.82. The van der Waals surface area contributed by atoms with Gasteiger partial charge in [-0.2, -0.15) is 0 Å². The van der Waals surface area contributed by atoms with Crippen LogP contribution in [0.25, 0.3) is 10.8 Å². The molecule has 1 saturated carbocycles. The molecule has 2 aromatic carbocycles. The lowest BCUT2D eigenvalue weighted by atomic mass is 10.0. The third kappa shape index (κ3) is 3.89. The maximum absolute atomic E-state index is 12.1. The topological polar surface area (TPSA) is 66.4 Å². The summed E-state index contributed by atoms with van der Waals surface area (Å²) >= 11 is 0. The van der Waals surface area contributed by atoms with Gasteiger partial charge in [-0.15, -0.1) is 0 Å². The molecule has 2 atom stereocenters. The molecule has 0 spiro atoms. The highest BCUT2D eigenvalue weighted by atomic mass is 16.4. The van der Waals surface area contributed by atoms with E-state index in [-0.39, 0.29) is 17.9 Å². The zero-order valence-electron chi connectivity index (χ0n) is 13.0. The molecule has 0 saturated heterocycles. The molecule has 2 aromatic rings. The SMILES string of the molecule is O=C(CCc1ccc2ccccc2c1)N[C@@H]1CC[C@H](C(=O)O)C1. The van der Waals surface area contributed by atoms with Gasteiger partial charge >= 0.3 is 5.97 Å². The van der Waals surface area contributed by atoms with Crippen molar-refractivity contribution in [2.75, 3.05) is 0 Å². The van der Waals surface area contributed by atoms with Crippen LogP contribution >= 0.6 is 0 Å². The summed E-state index contributed by atoms with van der Waals surface area (Å²) in [4.78, 5) is 23.0. The molecular weight excluding hydrogens is 290 g/mol. The maximum atomic E-state index is 12.1. The highest BCUT2D eigenvalue weighted by Gasteiger charge is 2.30. The highest BCUT2D eigenvalue weighted by molar-refractivity contribution is 5.83. The van der Waals surface area contributed by atoms with Gasteiger partial charge in [0.15, 0.2) is 0 Å². The number of rotatable bonds is 5. The highest BCUT2D eigenvalue weighted by Crippen LogP contribution is 2.25. The lowest BCUT2D eigenvalue weighted by Crippen LogP contribution is -2.33. The number of carbonyl (C=O) groups excluding carboxylic acids is 1. The van der Waals surface area contributed by atoms with Crippen molar-refractivity contribution in [1.29, 1.82) is 0 Å². The van der Waals surface area contributed by atoms with Crippen LogP contribution in [0.2, 0.25) is 0 Å². The molecule has 0 bridgehead atoms. The van der Waals surface area contributed by atoms with Crippen molar-refractivity contribution in [3.63, 3.8) is 0 Å². The van der Waals surface area contributed by atoms with Crippen LogP contribution in [0.3, 0.4) is 0 Å². The first-order valence-electron chi connectivity index (χ1n) is 8.11. The van der Waals surface area contributed by atoms with Crippen LogP contribution in [-0.4, -0.2) is 23.0 Å². The summed E-state index contributed by atoms with van der Waals surface area (Å²) in [5, 5.41) is 14.3. The number of amides is 1. The van der Waals surface area contributed by atoms with Gasteiger partial charge in [0.05, 0.1) is 5.92 Å². The molecule has 0 aromatic heterocycles. The molecule has 1 amide bonds. The van der Waals surface area contributed by atoms with Gasteiger partial charge in [-0.05, 0) is 42.0 Å². The molecule has 3 rings (SSSR count). The fourth-order valence-corrected chi connectivity index (χ4v) is 3.29. The standard InChI is InChI=1S/C19H21NO3/c21-18(20-17-9-8-16(12-17)19(22)23)10-6-13-5-7-14-3-1-2-4-15(14)11-13/h1-5,7,11,16-17H,6,8-10,12H2,(H,20,21)(H,22,23)/t16-,17+/m0/s1. The minimum Gasteiger partial charge on any atom is -0.481 e. The van der Waals surface area contributed by atoms with Gasteiger partial charge in [0.1, 0.15) is 0 Å². The Morgan fingerprint density at radius 2 is 1.87 bits per heavy atom. The summed E-state index contributed by atoms with van der Waals surface area (Å²) in [6, 6.07) is 14.5. The van der Waals surface area contributed by atoms with Crippen LogP contribution in [0, 0.1) is 5.92 Å². The molecule has 1 aliphatic rings. The Morgan fingerprint density at radius 3 is 2.61 bits per heavy atom. The van der Waals surface area contributed by atoms with Crippen molar-refractivity contribution in [3.05, 3.63) is 48.0 Å². The summed E-state index contributed by atoms with van der Waals surface area (Å²) < 4.78 is 0. The molecule has 1 fully saturated rings. The number of aliphatic carboxylic acids is 1. The zero-order chi connectivity index (χ0) is 16.2. The number of hydrogen-bond acceptors (Lipinski definition) is 2. The molecule has 0 radical (unpaired) electrons. The molecule has 4 heteroatoms. The fraction of sp³-hybridized carbons (Fsp3) is 0.368. The van der Waals surface area contributed by atoms with E-state index in [0.717, 1.165) is 12.0 Å². The summed E-state index contributed by atoms with van der Waals surface area (Å²) in [7, 11) is 0. The maximum Gasteiger partial charge on any atom is 0.306 e. The van der Waals surface area contributed by atoms with Gasteiger partial charge in [0, 0.05) is 12.5 Å². The Bertz CT molecular complexity index is 725. The summed E-state index contributed by atoms with van der Waals surface area (Å²) in [5.41, 5.74) is 1.15. The molecule has 2 N–H and O–H groups in total. The Balaban J connectivity index is 1.51. The van der Waals surface area contributed by atoms with E-state index in [4.69, 9.17) is 5.11 Å². The molecule has 120 valence electrons.